The molecule has 43 heavy (non-hydrogen) atoms. The van der Waals surface area contributed by atoms with Crippen LogP contribution < -0.4 is 0 Å². The first-order chi connectivity index (χ1) is 21.3. The molecule has 7 rings (SSSR count). The number of benzene rings is 4. The summed E-state index contributed by atoms with van der Waals surface area (Å²) < 4.78 is 0. The van der Waals surface area contributed by atoms with Crippen molar-refractivity contribution >= 4 is 27.1 Å². The Bertz CT molecular complexity index is 2020. The lowest BCUT2D eigenvalue weighted by molar-refractivity contribution is 1.28. The highest BCUT2D eigenvalue weighted by molar-refractivity contribution is 6.19. The van der Waals surface area contributed by atoms with Gasteiger partial charge in [-0.2, -0.15) is 0 Å². The fraction of sp³-hybridized carbons (Fsp3) is 0.0244. The summed E-state index contributed by atoms with van der Waals surface area (Å²) in [4.78, 5) is 8.92. The average molecular weight is 551 g/mol. The second kappa shape index (κ2) is 11.7. The summed E-state index contributed by atoms with van der Waals surface area (Å²) in [6.45, 7) is 4.30. The van der Waals surface area contributed by atoms with Crippen LogP contribution in [0.3, 0.4) is 0 Å². The van der Waals surface area contributed by atoms with E-state index in [-0.39, 0.29) is 0 Å². The van der Waals surface area contributed by atoms with Crippen LogP contribution in [0.4, 0.5) is 0 Å². The molecule has 0 amide bonds. The first-order valence-electron chi connectivity index (χ1n) is 14.6. The zero-order chi connectivity index (χ0) is 29.0. The number of hydrogen-bond donors (Lipinski definition) is 0. The topological polar surface area (TPSA) is 25.8 Å². The van der Waals surface area contributed by atoms with Gasteiger partial charge in [0.25, 0.3) is 0 Å². The highest BCUT2D eigenvalue weighted by Gasteiger charge is 2.17. The van der Waals surface area contributed by atoms with E-state index in [1.54, 1.807) is 6.20 Å². The fourth-order valence-corrected chi connectivity index (χ4v) is 5.89. The van der Waals surface area contributed by atoms with Crippen LogP contribution in [0, 0.1) is 0 Å². The van der Waals surface area contributed by atoms with Gasteiger partial charge in [-0.25, -0.2) is 0 Å². The van der Waals surface area contributed by atoms with Gasteiger partial charge >= 0.3 is 0 Å². The Balaban J connectivity index is 1.35. The number of fused-ring (bicyclic) bond motifs is 2. The lowest BCUT2D eigenvalue weighted by atomic mass is 9.85. The molecule has 2 nitrogen and oxygen atoms in total. The molecule has 0 spiro atoms. The van der Waals surface area contributed by atoms with Crippen molar-refractivity contribution in [2.45, 2.75) is 6.42 Å². The molecule has 0 unspecified atom stereocenters. The highest BCUT2D eigenvalue weighted by Crippen LogP contribution is 2.42. The van der Waals surface area contributed by atoms with Crippen LogP contribution in [0.15, 0.2) is 170 Å². The molecule has 0 fully saturated rings. The van der Waals surface area contributed by atoms with Gasteiger partial charge in [0.05, 0.1) is 5.69 Å². The number of rotatable bonds is 4. The second-order valence-corrected chi connectivity index (χ2v) is 10.7. The first-order valence-corrected chi connectivity index (χ1v) is 14.6. The lowest BCUT2D eigenvalue weighted by Gasteiger charge is -2.18. The van der Waals surface area contributed by atoms with Crippen LogP contribution in [0.1, 0.15) is 12.0 Å². The quantitative estimate of drug-likeness (QED) is 0.204. The largest absolute Gasteiger partial charge is 0.264 e. The maximum atomic E-state index is 4.71. The third-order valence-electron chi connectivity index (χ3n) is 7.92. The van der Waals surface area contributed by atoms with Gasteiger partial charge in [0.1, 0.15) is 0 Å². The Kier molecular flexibility index (Phi) is 7.17. The Morgan fingerprint density at radius 3 is 1.86 bits per heavy atom. The molecular formula is C41H30N2. The highest BCUT2D eigenvalue weighted by atomic mass is 14.7. The molecule has 0 atom stereocenters. The molecule has 0 bridgehead atoms. The number of nitrogens with zero attached hydrogens (tertiary/aromatic N) is 2. The van der Waals surface area contributed by atoms with E-state index in [1.807, 2.05) is 24.5 Å². The zero-order valence-electron chi connectivity index (χ0n) is 23.8. The van der Waals surface area contributed by atoms with E-state index in [1.165, 1.54) is 43.8 Å². The summed E-state index contributed by atoms with van der Waals surface area (Å²) in [5.74, 6) is 0. The molecule has 1 aliphatic rings. The van der Waals surface area contributed by atoms with Gasteiger partial charge in [0.15, 0.2) is 0 Å². The van der Waals surface area contributed by atoms with Crippen LogP contribution in [-0.2, 0) is 0 Å². The van der Waals surface area contributed by atoms with Crippen LogP contribution >= 0.6 is 0 Å². The normalized spacial score (nSPS) is 15.6. The van der Waals surface area contributed by atoms with Crippen LogP contribution in [-0.4, -0.2) is 9.97 Å². The number of allylic oxidation sites excluding steroid dienone is 9. The van der Waals surface area contributed by atoms with Crippen molar-refractivity contribution in [2.75, 3.05) is 0 Å². The molecule has 204 valence electrons. The minimum absolute atomic E-state index is 0.885. The minimum Gasteiger partial charge on any atom is -0.264 e. The standard InChI is InChI=1S/C41H30N2/c1-29-12-5-3-2-4-6-13-32(26-29)41-37-17-9-7-15-35(37)40(36-16-8-10-18-38(36)41)31-21-19-30(20-22-31)33-23-24-39(43-28-33)34-14-11-25-42-27-34/h2-3,5-28H,1,4H2/b3-2-,12-5-,13-6-,32-26?. The maximum absolute atomic E-state index is 4.71. The van der Waals surface area contributed by atoms with E-state index in [9.17, 15) is 0 Å². The van der Waals surface area contributed by atoms with Crippen molar-refractivity contribution in [3.8, 4) is 33.5 Å². The molecule has 0 radical (unpaired) electrons. The Morgan fingerprint density at radius 1 is 0.535 bits per heavy atom. The van der Waals surface area contributed by atoms with E-state index < -0.39 is 0 Å². The van der Waals surface area contributed by atoms with Gasteiger partial charge in [-0.3, -0.25) is 9.97 Å². The minimum atomic E-state index is 0.885. The third kappa shape index (κ3) is 5.27. The molecule has 0 saturated carbocycles. The van der Waals surface area contributed by atoms with Crippen LogP contribution in [0.25, 0.3) is 60.6 Å². The molecule has 0 N–H and O–H groups in total. The Labute approximate surface area is 252 Å². The van der Waals surface area contributed by atoms with E-state index in [0.717, 1.165) is 34.4 Å². The summed E-state index contributed by atoms with van der Waals surface area (Å²) in [5, 5.41) is 4.93. The van der Waals surface area contributed by atoms with Gasteiger partial charge in [0.2, 0.25) is 0 Å². The van der Waals surface area contributed by atoms with Crippen molar-refractivity contribution in [2.24, 2.45) is 0 Å². The molecule has 6 aromatic rings. The molecule has 4 aromatic carbocycles. The summed E-state index contributed by atoms with van der Waals surface area (Å²) in [6, 6.07) is 34.6. The van der Waals surface area contributed by atoms with Crippen molar-refractivity contribution in [1.82, 2.24) is 9.97 Å². The van der Waals surface area contributed by atoms with E-state index >= 15 is 0 Å². The maximum Gasteiger partial charge on any atom is 0.0717 e. The summed E-state index contributed by atoms with van der Waals surface area (Å²) in [6.07, 6.45) is 21.5. The SMILES string of the molecule is C=C1C=C(c2c3ccccc3c(-c3ccc(-c4ccc(-c5cccnc5)nc4)cc3)c3ccccc23)/C=C\C/C=C\C=C/1. The molecule has 2 aromatic heterocycles. The fourth-order valence-electron chi connectivity index (χ4n) is 5.89. The Hall–Kier alpha value is -5.60. The zero-order valence-corrected chi connectivity index (χ0v) is 23.8. The van der Waals surface area contributed by atoms with Gasteiger partial charge in [-0.15, -0.1) is 0 Å². The first kappa shape index (κ1) is 26.3. The average Bonchev–Trinajstić information content (AvgIpc) is 3.07. The van der Waals surface area contributed by atoms with Crippen LogP contribution in [0.2, 0.25) is 0 Å². The van der Waals surface area contributed by atoms with Crippen LogP contribution in [0.5, 0.6) is 0 Å². The summed E-state index contributed by atoms with van der Waals surface area (Å²) in [7, 11) is 0. The predicted molar refractivity (Wildman–Crippen MR) is 183 cm³/mol. The monoisotopic (exact) mass is 550 g/mol. The van der Waals surface area contributed by atoms with E-state index in [2.05, 4.69) is 139 Å². The molecule has 0 aliphatic heterocycles. The summed E-state index contributed by atoms with van der Waals surface area (Å²) >= 11 is 0. The van der Waals surface area contributed by atoms with Crippen molar-refractivity contribution in [1.29, 1.82) is 0 Å². The van der Waals surface area contributed by atoms with Gasteiger partial charge in [-0.05, 0) is 85.6 Å². The molecule has 2 heteroatoms. The molecular weight excluding hydrogens is 520 g/mol. The molecule has 2 heterocycles. The number of aromatic nitrogens is 2. The van der Waals surface area contributed by atoms with Gasteiger partial charge in [0, 0.05) is 29.7 Å². The van der Waals surface area contributed by atoms with E-state index in [0.29, 0.717) is 0 Å². The second-order valence-electron chi connectivity index (χ2n) is 10.7. The number of pyridine rings is 2. The number of hydrogen-bond acceptors (Lipinski definition) is 2. The van der Waals surface area contributed by atoms with Crippen molar-refractivity contribution in [3.63, 3.8) is 0 Å². The van der Waals surface area contributed by atoms with Gasteiger partial charge in [-0.1, -0.05) is 122 Å². The van der Waals surface area contributed by atoms with Crippen molar-refractivity contribution in [3.05, 3.63) is 176 Å². The lowest BCUT2D eigenvalue weighted by Crippen LogP contribution is -1.93. The van der Waals surface area contributed by atoms with Crippen molar-refractivity contribution < 1.29 is 0 Å². The predicted octanol–water partition coefficient (Wildman–Crippen LogP) is 10.8. The molecule has 0 saturated heterocycles. The Morgan fingerprint density at radius 2 is 1.21 bits per heavy atom. The molecule has 1 aliphatic carbocycles. The van der Waals surface area contributed by atoms with Gasteiger partial charge < -0.3 is 0 Å². The van der Waals surface area contributed by atoms with E-state index in [4.69, 9.17) is 4.98 Å². The summed E-state index contributed by atoms with van der Waals surface area (Å²) in [5.41, 5.74) is 9.97. The third-order valence-corrected chi connectivity index (χ3v) is 7.92. The smallest absolute Gasteiger partial charge is 0.0717 e.